The van der Waals surface area contributed by atoms with Crippen LogP contribution in [0.15, 0.2) is 24.3 Å². The number of benzene rings is 1. The lowest BCUT2D eigenvalue weighted by Crippen LogP contribution is -2.34. The summed E-state index contributed by atoms with van der Waals surface area (Å²) in [7, 11) is 0. The van der Waals surface area contributed by atoms with Crippen LogP contribution in [-0.2, 0) is 6.42 Å². The molecule has 1 heteroatoms. The van der Waals surface area contributed by atoms with Crippen LogP contribution in [0.4, 0.5) is 0 Å². The molecule has 1 aromatic carbocycles. The zero-order valence-corrected chi connectivity index (χ0v) is 11.5. The van der Waals surface area contributed by atoms with Gasteiger partial charge in [0.15, 0.2) is 0 Å². The Labute approximate surface area is 111 Å². The first kappa shape index (κ1) is 12.2. The minimum absolute atomic E-state index is 0.760. The summed E-state index contributed by atoms with van der Waals surface area (Å²) in [6.07, 6.45) is 8.29. The zero-order valence-electron chi connectivity index (χ0n) is 11.5. The average Bonchev–Trinajstić information content (AvgIpc) is 3.16. The number of rotatable bonds is 7. The van der Waals surface area contributed by atoms with Gasteiger partial charge < -0.3 is 5.32 Å². The Morgan fingerprint density at radius 2 is 2.06 bits per heavy atom. The van der Waals surface area contributed by atoms with Crippen LogP contribution < -0.4 is 5.32 Å². The average molecular weight is 243 g/mol. The second kappa shape index (κ2) is 5.44. The van der Waals surface area contributed by atoms with E-state index < -0.39 is 0 Å². The maximum absolute atomic E-state index is 3.77. The van der Waals surface area contributed by atoms with Gasteiger partial charge in [0, 0.05) is 6.04 Å². The molecule has 1 saturated carbocycles. The van der Waals surface area contributed by atoms with Crippen molar-refractivity contribution in [3.05, 3.63) is 35.4 Å². The molecule has 1 nitrogen and oxygen atoms in total. The van der Waals surface area contributed by atoms with Crippen LogP contribution in [0, 0.1) is 5.92 Å². The van der Waals surface area contributed by atoms with E-state index in [0.29, 0.717) is 0 Å². The molecular formula is C17H25N. The van der Waals surface area contributed by atoms with E-state index in [1.54, 1.807) is 11.1 Å². The Hall–Kier alpha value is -0.820. The Bertz CT molecular complexity index is 394. The lowest BCUT2D eigenvalue weighted by atomic mass is 9.74. The van der Waals surface area contributed by atoms with Gasteiger partial charge in [-0.05, 0) is 55.2 Å². The third kappa shape index (κ3) is 2.77. The molecule has 0 aromatic heterocycles. The van der Waals surface area contributed by atoms with Gasteiger partial charge in [0.1, 0.15) is 0 Å². The standard InChI is InChI=1S/C17H25N/c1-2-9-18-16(10-13-7-8-13)12-15-11-14-5-3-4-6-17(14)15/h3-6,13,15-16,18H,2,7-12H2,1H3. The van der Waals surface area contributed by atoms with E-state index in [4.69, 9.17) is 0 Å². The fourth-order valence-electron chi connectivity index (χ4n) is 3.28. The van der Waals surface area contributed by atoms with Gasteiger partial charge in [-0.15, -0.1) is 0 Å². The van der Waals surface area contributed by atoms with E-state index in [1.165, 1.54) is 45.1 Å². The second-order valence-electron chi connectivity index (χ2n) is 6.17. The molecule has 0 radical (unpaired) electrons. The minimum Gasteiger partial charge on any atom is -0.314 e. The summed E-state index contributed by atoms with van der Waals surface area (Å²) in [5, 5.41) is 3.77. The quantitative estimate of drug-likeness (QED) is 0.766. The van der Waals surface area contributed by atoms with Crippen molar-refractivity contribution in [3.63, 3.8) is 0 Å². The summed E-state index contributed by atoms with van der Waals surface area (Å²) in [6.45, 7) is 3.45. The molecule has 2 aliphatic carbocycles. The van der Waals surface area contributed by atoms with Crippen molar-refractivity contribution >= 4 is 0 Å². The maximum Gasteiger partial charge on any atom is 0.00756 e. The molecule has 1 aromatic rings. The van der Waals surface area contributed by atoms with Crippen LogP contribution in [0.25, 0.3) is 0 Å². The van der Waals surface area contributed by atoms with Crippen molar-refractivity contribution in [3.8, 4) is 0 Å². The fourth-order valence-corrected chi connectivity index (χ4v) is 3.28. The van der Waals surface area contributed by atoms with Gasteiger partial charge in [-0.1, -0.05) is 44.0 Å². The smallest absolute Gasteiger partial charge is 0.00756 e. The Kier molecular flexibility index (Phi) is 3.69. The molecule has 98 valence electrons. The van der Waals surface area contributed by atoms with E-state index >= 15 is 0 Å². The van der Waals surface area contributed by atoms with Crippen molar-refractivity contribution in [1.82, 2.24) is 5.32 Å². The highest BCUT2D eigenvalue weighted by Crippen LogP contribution is 2.41. The number of fused-ring (bicyclic) bond motifs is 1. The molecule has 0 spiro atoms. The zero-order chi connectivity index (χ0) is 12.4. The summed E-state index contributed by atoms with van der Waals surface area (Å²) in [5.41, 5.74) is 3.21. The Morgan fingerprint density at radius 3 is 2.78 bits per heavy atom. The molecule has 0 aliphatic heterocycles. The van der Waals surface area contributed by atoms with Crippen LogP contribution >= 0.6 is 0 Å². The van der Waals surface area contributed by atoms with E-state index in [1.807, 2.05) is 0 Å². The van der Waals surface area contributed by atoms with E-state index in [0.717, 1.165) is 17.9 Å². The summed E-state index contributed by atoms with van der Waals surface area (Å²) >= 11 is 0. The summed E-state index contributed by atoms with van der Waals surface area (Å²) < 4.78 is 0. The summed E-state index contributed by atoms with van der Waals surface area (Å²) in [4.78, 5) is 0. The normalized spacial score (nSPS) is 23.3. The SMILES string of the molecule is CCCNC(CC1CC1)CC1Cc2ccccc21. The maximum atomic E-state index is 3.77. The first-order valence-corrected chi connectivity index (χ1v) is 7.68. The van der Waals surface area contributed by atoms with Gasteiger partial charge in [-0.25, -0.2) is 0 Å². The van der Waals surface area contributed by atoms with Crippen molar-refractivity contribution in [2.24, 2.45) is 5.92 Å². The van der Waals surface area contributed by atoms with Crippen molar-refractivity contribution in [2.45, 2.75) is 57.4 Å². The van der Waals surface area contributed by atoms with Crippen molar-refractivity contribution < 1.29 is 0 Å². The molecule has 18 heavy (non-hydrogen) atoms. The molecule has 0 saturated heterocycles. The predicted molar refractivity (Wildman–Crippen MR) is 76.9 cm³/mol. The van der Waals surface area contributed by atoms with Crippen LogP contribution in [0.1, 0.15) is 56.1 Å². The first-order valence-electron chi connectivity index (χ1n) is 7.68. The lowest BCUT2D eigenvalue weighted by Gasteiger charge is -2.33. The number of hydrogen-bond acceptors (Lipinski definition) is 1. The van der Waals surface area contributed by atoms with Gasteiger partial charge in [0.25, 0.3) is 0 Å². The van der Waals surface area contributed by atoms with Crippen LogP contribution in [-0.4, -0.2) is 12.6 Å². The Balaban J connectivity index is 1.56. The largest absolute Gasteiger partial charge is 0.314 e. The van der Waals surface area contributed by atoms with E-state index in [9.17, 15) is 0 Å². The predicted octanol–water partition coefficient (Wildman–Crippen LogP) is 3.88. The van der Waals surface area contributed by atoms with Crippen LogP contribution in [0.5, 0.6) is 0 Å². The van der Waals surface area contributed by atoms with Gasteiger partial charge in [0.05, 0.1) is 0 Å². The third-order valence-corrected chi connectivity index (χ3v) is 4.53. The molecule has 0 bridgehead atoms. The second-order valence-corrected chi connectivity index (χ2v) is 6.17. The van der Waals surface area contributed by atoms with Crippen LogP contribution in [0.2, 0.25) is 0 Å². The highest BCUT2D eigenvalue weighted by Gasteiger charge is 2.31. The molecule has 1 N–H and O–H groups in total. The highest BCUT2D eigenvalue weighted by atomic mass is 14.9. The number of nitrogens with one attached hydrogen (secondary N) is 1. The van der Waals surface area contributed by atoms with E-state index in [2.05, 4.69) is 36.5 Å². The number of hydrogen-bond donors (Lipinski definition) is 1. The molecule has 2 aliphatic rings. The van der Waals surface area contributed by atoms with Crippen molar-refractivity contribution in [2.75, 3.05) is 6.54 Å². The van der Waals surface area contributed by atoms with Gasteiger partial charge in [-0.2, -0.15) is 0 Å². The topological polar surface area (TPSA) is 12.0 Å². The molecule has 0 amide bonds. The van der Waals surface area contributed by atoms with Crippen LogP contribution in [0.3, 0.4) is 0 Å². The molecule has 0 heterocycles. The monoisotopic (exact) mass is 243 g/mol. The minimum atomic E-state index is 0.760. The molecule has 1 fully saturated rings. The van der Waals surface area contributed by atoms with Gasteiger partial charge in [0.2, 0.25) is 0 Å². The molecule has 2 atom stereocenters. The molecule has 3 rings (SSSR count). The first-order chi connectivity index (χ1) is 8.86. The lowest BCUT2D eigenvalue weighted by molar-refractivity contribution is 0.385. The van der Waals surface area contributed by atoms with Gasteiger partial charge >= 0.3 is 0 Å². The van der Waals surface area contributed by atoms with Gasteiger partial charge in [-0.3, -0.25) is 0 Å². The molecular weight excluding hydrogens is 218 g/mol. The summed E-state index contributed by atoms with van der Waals surface area (Å²) in [6, 6.07) is 9.75. The van der Waals surface area contributed by atoms with Crippen molar-refractivity contribution in [1.29, 1.82) is 0 Å². The van der Waals surface area contributed by atoms with E-state index in [-0.39, 0.29) is 0 Å². The third-order valence-electron chi connectivity index (χ3n) is 4.53. The fraction of sp³-hybridized carbons (Fsp3) is 0.647. The highest BCUT2D eigenvalue weighted by molar-refractivity contribution is 5.39. The Morgan fingerprint density at radius 1 is 1.22 bits per heavy atom. The molecule has 2 unspecified atom stereocenters. The summed E-state index contributed by atoms with van der Waals surface area (Å²) in [5.74, 6) is 1.86.